The summed E-state index contributed by atoms with van der Waals surface area (Å²) in [5, 5.41) is 11.5. The summed E-state index contributed by atoms with van der Waals surface area (Å²) in [4.78, 5) is 11.5. The number of hydrogen-bond donors (Lipinski definition) is 2. The molecule has 3 heteroatoms. The van der Waals surface area contributed by atoms with E-state index in [1.807, 2.05) is 20.8 Å². The van der Waals surface area contributed by atoms with Crippen molar-refractivity contribution in [3.63, 3.8) is 0 Å². The highest BCUT2D eigenvalue weighted by Crippen LogP contribution is 2.07. The highest BCUT2D eigenvalue weighted by molar-refractivity contribution is 5.78. The van der Waals surface area contributed by atoms with Gasteiger partial charge in [-0.2, -0.15) is 0 Å². The molecule has 1 atom stereocenters. The van der Waals surface area contributed by atoms with E-state index < -0.39 is 0 Å². The van der Waals surface area contributed by atoms with Gasteiger partial charge < -0.3 is 10.4 Å². The highest BCUT2D eigenvalue weighted by atomic mass is 16.3. The van der Waals surface area contributed by atoms with Crippen molar-refractivity contribution in [2.75, 3.05) is 6.61 Å². The largest absolute Gasteiger partial charge is 0.396 e. The first-order valence-electron chi connectivity index (χ1n) is 5.06. The van der Waals surface area contributed by atoms with E-state index >= 15 is 0 Å². The van der Waals surface area contributed by atoms with Gasteiger partial charge in [-0.15, -0.1) is 0 Å². The second-order valence-electron chi connectivity index (χ2n) is 3.44. The third-order valence-electron chi connectivity index (χ3n) is 2.31. The highest BCUT2D eigenvalue weighted by Gasteiger charge is 2.15. The summed E-state index contributed by atoms with van der Waals surface area (Å²) in [5.74, 6) is 0.243. The molecule has 0 heterocycles. The van der Waals surface area contributed by atoms with Crippen LogP contribution in [0.3, 0.4) is 0 Å². The summed E-state index contributed by atoms with van der Waals surface area (Å²) in [7, 11) is 0. The predicted octanol–water partition coefficient (Wildman–Crippen LogP) is 1.31. The molecule has 13 heavy (non-hydrogen) atoms. The zero-order valence-corrected chi connectivity index (χ0v) is 8.84. The number of carbonyl (C=O) groups is 1. The number of aliphatic hydroxyl groups excluding tert-OH is 1. The fraction of sp³-hybridized carbons (Fsp3) is 0.900. The van der Waals surface area contributed by atoms with E-state index in [1.165, 1.54) is 0 Å². The molecule has 0 rings (SSSR count). The molecule has 0 aromatic heterocycles. The Hall–Kier alpha value is -0.570. The first-order valence-corrected chi connectivity index (χ1v) is 5.06. The van der Waals surface area contributed by atoms with Crippen LogP contribution in [0.1, 0.15) is 40.0 Å². The number of nitrogens with one attached hydrogen (secondary N) is 1. The maximum Gasteiger partial charge on any atom is 0.223 e. The molecule has 0 aliphatic rings. The molecule has 0 aromatic rings. The molecule has 1 unspecified atom stereocenters. The Morgan fingerprint density at radius 1 is 1.38 bits per heavy atom. The van der Waals surface area contributed by atoms with E-state index in [-0.39, 0.29) is 24.5 Å². The SMILES string of the molecule is CCC(CC)C(=O)NC(C)CCO. The third-order valence-corrected chi connectivity index (χ3v) is 2.31. The van der Waals surface area contributed by atoms with Gasteiger partial charge in [-0.3, -0.25) is 4.79 Å². The number of aliphatic hydroxyl groups is 1. The van der Waals surface area contributed by atoms with Crippen molar-refractivity contribution in [3.05, 3.63) is 0 Å². The van der Waals surface area contributed by atoms with E-state index in [1.54, 1.807) is 0 Å². The summed E-state index contributed by atoms with van der Waals surface area (Å²) in [6.45, 7) is 6.08. The Bertz CT molecular complexity index is 144. The molecule has 2 N–H and O–H groups in total. The molecule has 0 aliphatic carbocycles. The van der Waals surface area contributed by atoms with Crippen molar-refractivity contribution in [2.24, 2.45) is 5.92 Å². The number of hydrogen-bond acceptors (Lipinski definition) is 2. The number of amides is 1. The predicted molar refractivity (Wildman–Crippen MR) is 53.4 cm³/mol. The molecule has 0 spiro atoms. The molecular formula is C10H21NO2. The van der Waals surface area contributed by atoms with Crippen molar-refractivity contribution in [1.82, 2.24) is 5.32 Å². The molecule has 1 amide bonds. The Morgan fingerprint density at radius 2 is 1.92 bits per heavy atom. The molecule has 0 bridgehead atoms. The van der Waals surface area contributed by atoms with E-state index in [0.717, 1.165) is 12.8 Å². The lowest BCUT2D eigenvalue weighted by Crippen LogP contribution is -2.37. The molecule has 0 saturated carbocycles. The molecule has 0 saturated heterocycles. The zero-order valence-electron chi connectivity index (χ0n) is 8.84. The van der Waals surface area contributed by atoms with Crippen LogP contribution in [0.5, 0.6) is 0 Å². The van der Waals surface area contributed by atoms with Crippen LogP contribution in [0, 0.1) is 5.92 Å². The summed E-state index contributed by atoms with van der Waals surface area (Å²) in [6, 6.07) is 0.0816. The van der Waals surface area contributed by atoms with Gasteiger partial charge in [-0.25, -0.2) is 0 Å². The summed E-state index contributed by atoms with van der Waals surface area (Å²) in [5.41, 5.74) is 0. The van der Waals surface area contributed by atoms with Crippen molar-refractivity contribution >= 4 is 5.91 Å². The van der Waals surface area contributed by atoms with Gasteiger partial charge in [-0.05, 0) is 26.2 Å². The maximum atomic E-state index is 11.5. The minimum atomic E-state index is 0.0816. The molecular weight excluding hydrogens is 166 g/mol. The van der Waals surface area contributed by atoms with Gasteiger partial charge in [0, 0.05) is 18.6 Å². The molecule has 0 aromatic carbocycles. The Labute approximate surface area is 80.5 Å². The first kappa shape index (κ1) is 12.4. The van der Waals surface area contributed by atoms with Crippen LogP contribution in [0.15, 0.2) is 0 Å². The average Bonchev–Trinajstić information content (AvgIpc) is 2.06. The molecule has 0 aliphatic heterocycles. The standard InChI is InChI=1S/C10H21NO2/c1-4-9(5-2)10(13)11-8(3)6-7-12/h8-9,12H,4-7H2,1-3H3,(H,11,13). The molecule has 0 fully saturated rings. The van der Waals surface area contributed by atoms with Crippen molar-refractivity contribution in [2.45, 2.75) is 46.1 Å². The normalized spacial score (nSPS) is 13.0. The topological polar surface area (TPSA) is 49.3 Å². The van der Waals surface area contributed by atoms with Gasteiger partial charge in [0.05, 0.1) is 0 Å². The van der Waals surface area contributed by atoms with Gasteiger partial charge in [-0.1, -0.05) is 13.8 Å². The number of carbonyl (C=O) groups excluding carboxylic acids is 1. The Balaban J connectivity index is 3.83. The lowest BCUT2D eigenvalue weighted by molar-refractivity contribution is -0.125. The second-order valence-corrected chi connectivity index (χ2v) is 3.44. The van der Waals surface area contributed by atoms with E-state index in [4.69, 9.17) is 5.11 Å². The van der Waals surface area contributed by atoms with Gasteiger partial charge in [0.2, 0.25) is 5.91 Å². The van der Waals surface area contributed by atoms with Gasteiger partial charge >= 0.3 is 0 Å². The van der Waals surface area contributed by atoms with Gasteiger partial charge in [0.25, 0.3) is 0 Å². The lowest BCUT2D eigenvalue weighted by atomic mass is 10.0. The fourth-order valence-electron chi connectivity index (χ4n) is 1.29. The van der Waals surface area contributed by atoms with Crippen molar-refractivity contribution in [1.29, 1.82) is 0 Å². The van der Waals surface area contributed by atoms with Crippen LogP contribution >= 0.6 is 0 Å². The van der Waals surface area contributed by atoms with E-state index in [0.29, 0.717) is 6.42 Å². The molecule has 78 valence electrons. The smallest absolute Gasteiger partial charge is 0.223 e. The Kier molecular flexibility index (Phi) is 6.59. The fourth-order valence-corrected chi connectivity index (χ4v) is 1.29. The maximum absolute atomic E-state index is 11.5. The molecule has 3 nitrogen and oxygen atoms in total. The molecule has 0 radical (unpaired) electrons. The second kappa shape index (κ2) is 6.89. The van der Waals surface area contributed by atoms with Crippen LogP contribution in [0.25, 0.3) is 0 Å². The monoisotopic (exact) mass is 187 g/mol. The summed E-state index contributed by atoms with van der Waals surface area (Å²) >= 11 is 0. The number of rotatable bonds is 6. The van der Waals surface area contributed by atoms with E-state index in [2.05, 4.69) is 5.32 Å². The van der Waals surface area contributed by atoms with Gasteiger partial charge in [0.15, 0.2) is 0 Å². The summed E-state index contributed by atoms with van der Waals surface area (Å²) < 4.78 is 0. The van der Waals surface area contributed by atoms with Crippen molar-refractivity contribution in [3.8, 4) is 0 Å². The van der Waals surface area contributed by atoms with E-state index in [9.17, 15) is 4.79 Å². The zero-order chi connectivity index (χ0) is 10.3. The first-order chi connectivity index (χ1) is 6.15. The van der Waals surface area contributed by atoms with Crippen LogP contribution < -0.4 is 5.32 Å². The quantitative estimate of drug-likeness (QED) is 0.658. The lowest BCUT2D eigenvalue weighted by Gasteiger charge is -2.17. The van der Waals surface area contributed by atoms with Crippen molar-refractivity contribution < 1.29 is 9.90 Å². The third kappa shape index (κ3) is 4.88. The minimum absolute atomic E-state index is 0.0816. The van der Waals surface area contributed by atoms with Crippen LogP contribution in [0.2, 0.25) is 0 Å². The average molecular weight is 187 g/mol. The Morgan fingerprint density at radius 3 is 2.31 bits per heavy atom. The van der Waals surface area contributed by atoms with Crippen LogP contribution in [-0.2, 0) is 4.79 Å². The van der Waals surface area contributed by atoms with Crippen LogP contribution in [-0.4, -0.2) is 23.7 Å². The summed E-state index contributed by atoms with van der Waals surface area (Å²) in [6.07, 6.45) is 2.40. The van der Waals surface area contributed by atoms with Crippen LogP contribution in [0.4, 0.5) is 0 Å². The van der Waals surface area contributed by atoms with Gasteiger partial charge in [0.1, 0.15) is 0 Å². The minimum Gasteiger partial charge on any atom is -0.396 e.